The lowest BCUT2D eigenvalue weighted by molar-refractivity contribution is 0.0601. The predicted octanol–water partition coefficient (Wildman–Crippen LogP) is 4.49. The first-order chi connectivity index (χ1) is 13.5. The van der Waals surface area contributed by atoms with Crippen molar-refractivity contribution in [2.24, 2.45) is 0 Å². The van der Waals surface area contributed by atoms with E-state index in [0.29, 0.717) is 23.3 Å². The molecule has 0 amide bonds. The van der Waals surface area contributed by atoms with Crippen LogP contribution in [0.2, 0.25) is 0 Å². The van der Waals surface area contributed by atoms with Crippen molar-refractivity contribution in [3.63, 3.8) is 0 Å². The van der Waals surface area contributed by atoms with Crippen LogP contribution in [0.5, 0.6) is 0 Å². The second kappa shape index (κ2) is 8.99. The number of esters is 1. The van der Waals surface area contributed by atoms with Crippen LogP contribution < -0.4 is 0 Å². The predicted molar refractivity (Wildman–Crippen MR) is 106 cm³/mol. The van der Waals surface area contributed by atoms with E-state index < -0.39 is 11.8 Å². The summed E-state index contributed by atoms with van der Waals surface area (Å²) in [4.78, 5) is 14.2. The molecule has 148 valence electrons. The summed E-state index contributed by atoms with van der Waals surface area (Å²) in [5.74, 6) is -0.563. The van der Waals surface area contributed by atoms with Gasteiger partial charge in [0, 0.05) is 31.1 Å². The van der Waals surface area contributed by atoms with E-state index in [4.69, 9.17) is 13.9 Å². The highest BCUT2D eigenvalue weighted by Crippen LogP contribution is 2.31. The van der Waals surface area contributed by atoms with E-state index in [1.165, 1.54) is 18.7 Å². The van der Waals surface area contributed by atoms with Gasteiger partial charge in [0.05, 0.1) is 13.7 Å². The molecule has 0 unspecified atom stereocenters. The number of hydrogen-bond donors (Lipinski definition) is 0. The number of carbonyl (C=O) groups excluding carboxylic acids is 1. The van der Waals surface area contributed by atoms with Crippen molar-refractivity contribution >= 4 is 16.9 Å². The normalized spacial score (nSPS) is 11.3. The van der Waals surface area contributed by atoms with Gasteiger partial charge in [0.25, 0.3) is 0 Å². The van der Waals surface area contributed by atoms with Gasteiger partial charge in [-0.05, 0) is 30.3 Å². The van der Waals surface area contributed by atoms with E-state index in [1.54, 1.807) is 13.2 Å². The van der Waals surface area contributed by atoms with Gasteiger partial charge in [0.15, 0.2) is 0 Å². The summed E-state index contributed by atoms with van der Waals surface area (Å²) in [6.07, 6.45) is 0. The van der Waals surface area contributed by atoms with E-state index in [-0.39, 0.29) is 5.56 Å². The first-order valence-corrected chi connectivity index (χ1v) is 9.17. The molecule has 28 heavy (non-hydrogen) atoms. The van der Waals surface area contributed by atoms with Crippen molar-refractivity contribution in [3.8, 4) is 11.3 Å². The molecule has 0 aliphatic carbocycles. The molecular weight excluding hydrogens is 361 g/mol. The third-order valence-electron chi connectivity index (χ3n) is 4.69. The number of benzene rings is 2. The number of fused-ring (bicyclic) bond motifs is 1. The maximum atomic E-state index is 13.8. The van der Waals surface area contributed by atoms with Crippen molar-refractivity contribution in [1.82, 2.24) is 4.90 Å². The van der Waals surface area contributed by atoms with Crippen molar-refractivity contribution < 1.29 is 23.1 Å². The van der Waals surface area contributed by atoms with E-state index in [2.05, 4.69) is 11.8 Å². The molecule has 1 aromatic heterocycles. The van der Waals surface area contributed by atoms with Crippen molar-refractivity contribution in [2.75, 3.05) is 33.9 Å². The number of methoxy groups -OCH3 is 2. The van der Waals surface area contributed by atoms with Crippen LogP contribution in [0.1, 0.15) is 22.8 Å². The fraction of sp³-hybridized carbons (Fsp3) is 0.318. The summed E-state index contributed by atoms with van der Waals surface area (Å²) < 4.78 is 29.6. The maximum Gasteiger partial charge on any atom is 0.341 e. The number of hydrogen-bond acceptors (Lipinski definition) is 5. The monoisotopic (exact) mass is 385 g/mol. The smallest absolute Gasteiger partial charge is 0.341 e. The van der Waals surface area contributed by atoms with Gasteiger partial charge in [-0.1, -0.05) is 31.2 Å². The van der Waals surface area contributed by atoms with E-state index in [9.17, 15) is 9.18 Å². The number of ether oxygens (including phenoxy) is 2. The fourth-order valence-corrected chi connectivity index (χ4v) is 3.12. The van der Waals surface area contributed by atoms with Crippen LogP contribution in [0.4, 0.5) is 4.39 Å². The summed E-state index contributed by atoms with van der Waals surface area (Å²) in [5.41, 5.74) is 2.44. The van der Waals surface area contributed by atoms with Crippen LogP contribution in [0.3, 0.4) is 0 Å². The van der Waals surface area contributed by atoms with E-state index >= 15 is 0 Å². The highest BCUT2D eigenvalue weighted by molar-refractivity contribution is 6.03. The van der Waals surface area contributed by atoms with Gasteiger partial charge in [-0.15, -0.1) is 0 Å². The maximum absolute atomic E-state index is 13.8. The zero-order chi connectivity index (χ0) is 20.1. The van der Waals surface area contributed by atoms with Gasteiger partial charge in [0.2, 0.25) is 0 Å². The van der Waals surface area contributed by atoms with Crippen LogP contribution in [0, 0.1) is 5.82 Å². The molecule has 3 aromatic rings. The number of likely N-dealkylation sites (N-methyl/N-ethyl adjacent to an activating group) is 1. The van der Waals surface area contributed by atoms with Gasteiger partial charge in [0.1, 0.15) is 22.7 Å². The summed E-state index contributed by atoms with van der Waals surface area (Å²) in [5, 5.41) is 0.524. The number of halogens is 1. The second-order valence-electron chi connectivity index (χ2n) is 6.53. The third-order valence-corrected chi connectivity index (χ3v) is 4.69. The zero-order valence-corrected chi connectivity index (χ0v) is 16.3. The summed E-state index contributed by atoms with van der Waals surface area (Å²) in [6.45, 7) is 5.47. The minimum atomic E-state index is -0.628. The van der Waals surface area contributed by atoms with Crippen molar-refractivity contribution in [1.29, 1.82) is 0 Å². The van der Waals surface area contributed by atoms with Crippen LogP contribution in [0.15, 0.2) is 46.9 Å². The van der Waals surface area contributed by atoms with Crippen LogP contribution in [-0.4, -0.2) is 44.8 Å². The number of furan rings is 1. The van der Waals surface area contributed by atoms with Crippen LogP contribution in [0.25, 0.3) is 22.3 Å². The highest BCUT2D eigenvalue weighted by atomic mass is 19.1. The molecule has 0 bridgehead atoms. The Labute approximate surface area is 163 Å². The Morgan fingerprint density at radius 2 is 1.89 bits per heavy atom. The SMILES string of the molecule is CCN(CCOC)Cc1ccc(-c2cc3cc(F)cc(C(=O)OC)c3o2)cc1. The molecule has 0 saturated heterocycles. The minimum Gasteiger partial charge on any atom is -0.465 e. The van der Waals surface area contributed by atoms with Gasteiger partial charge < -0.3 is 13.9 Å². The fourth-order valence-electron chi connectivity index (χ4n) is 3.12. The van der Waals surface area contributed by atoms with Crippen LogP contribution >= 0.6 is 0 Å². The summed E-state index contributed by atoms with van der Waals surface area (Å²) >= 11 is 0. The van der Waals surface area contributed by atoms with Crippen LogP contribution in [-0.2, 0) is 16.0 Å². The molecule has 0 fully saturated rings. The lowest BCUT2D eigenvalue weighted by Gasteiger charge is -2.19. The molecule has 0 aliphatic rings. The van der Waals surface area contributed by atoms with E-state index in [1.807, 2.05) is 24.3 Å². The first kappa shape index (κ1) is 20.0. The molecule has 1 heterocycles. The Balaban J connectivity index is 1.85. The summed E-state index contributed by atoms with van der Waals surface area (Å²) in [6, 6.07) is 12.2. The highest BCUT2D eigenvalue weighted by Gasteiger charge is 2.17. The molecule has 6 heteroatoms. The molecule has 0 atom stereocenters. The van der Waals surface area contributed by atoms with E-state index in [0.717, 1.165) is 31.3 Å². The van der Waals surface area contributed by atoms with Crippen molar-refractivity contribution in [3.05, 3.63) is 59.4 Å². The largest absolute Gasteiger partial charge is 0.465 e. The molecule has 3 rings (SSSR count). The molecule has 0 N–H and O–H groups in total. The number of rotatable bonds is 8. The number of nitrogens with zero attached hydrogens (tertiary/aromatic N) is 1. The zero-order valence-electron chi connectivity index (χ0n) is 16.3. The lowest BCUT2D eigenvalue weighted by atomic mass is 10.1. The van der Waals surface area contributed by atoms with Gasteiger partial charge in [-0.3, -0.25) is 4.90 Å². The molecule has 0 saturated carbocycles. The Hall–Kier alpha value is -2.70. The average molecular weight is 385 g/mol. The molecular formula is C22H24FNO4. The summed E-state index contributed by atoms with van der Waals surface area (Å²) in [7, 11) is 2.96. The lowest BCUT2D eigenvalue weighted by Crippen LogP contribution is -2.26. The standard InChI is InChI=1S/C22H24FNO4/c1-4-24(9-10-26-2)14-15-5-7-16(8-6-15)20-12-17-11-18(23)13-19(21(17)28-20)22(25)27-3/h5-8,11-13H,4,9-10,14H2,1-3H3. The van der Waals surface area contributed by atoms with Gasteiger partial charge in [-0.2, -0.15) is 0 Å². The average Bonchev–Trinajstić information content (AvgIpc) is 3.14. The minimum absolute atomic E-state index is 0.0806. The number of carbonyl (C=O) groups is 1. The van der Waals surface area contributed by atoms with Gasteiger partial charge in [-0.25, -0.2) is 9.18 Å². The quantitative estimate of drug-likeness (QED) is 0.535. The molecule has 0 radical (unpaired) electrons. The molecule has 0 aliphatic heterocycles. The van der Waals surface area contributed by atoms with Crippen molar-refractivity contribution in [2.45, 2.75) is 13.5 Å². The Morgan fingerprint density at radius 3 is 2.54 bits per heavy atom. The molecule has 0 spiro atoms. The first-order valence-electron chi connectivity index (χ1n) is 9.17. The Kier molecular flexibility index (Phi) is 6.44. The molecule has 5 nitrogen and oxygen atoms in total. The molecule has 2 aromatic carbocycles. The topological polar surface area (TPSA) is 51.9 Å². The third kappa shape index (κ3) is 4.40. The van der Waals surface area contributed by atoms with Gasteiger partial charge >= 0.3 is 5.97 Å². The Bertz CT molecular complexity index is 949. The Morgan fingerprint density at radius 1 is 1.14 bits per heavy atom. The second-order valence-corrected chi connectivity index (χ2v) is 6.53.